The minimum Gasteiger partial charge on any atom is -0.478 e. The van der Waals surface area contributed by atoms with Gasteiger partial charge in [-0.2, -0.15) is 0 Å². The molecule has 0 spiro atoms. The van der Waals surface area contributed by atoms with E-state index >= 15 is 0 Å². The molecular formula is C22H25N3O5. The maximum Gasteiger partial charge on any atom is 0.271 e. The number of carbonyl (C=O) groups is 2. The minimum absolute atomic E-state index is 0.141. The molecule has 2 unspecified atom stereocenters. The Morgan fingerprint density at radius 1 is 1.20 bits per heavy atom. The van der Waals surface area contributed by atoms with Crippen LogP contribution in [0.4, 0.5) is 17.1 Å². The molecule has 1 aliphatic heterocycles. The lowest BCUT2D eigenvalue weighted by Crippen LogP contribution is -2.55. The number of amides is 2. The second-order valence-corrected chi connectivity index (χ2v) is 7.81. The zero-order chi connectivity index (χ0) is 22.2. The molecule has 1 N–H and O–H groups in total. The zero-order valence-corrected chi connectivity index (χ0v) is 17.6. The number of non-ortho nitro benzene ring substituents is 1. The van der Waals surface area contributed by atoms with Crippen molar-refractivity contribution in [1.82, 2.24) is 0 Å². The third kappa shape index (κ3) is 3.85. The Morgan fingerprint density at radius 3 is 2.53 bits per heavy atom. The summed E-state index contributed by atoms with van der Waals surface area (Å²) in [6.45, 7) is 9.14. The summed E-state index contributed by atoms with van der Waals surface area (Å²) in [5.41, 5.74) is 2.66. The number of ether oxygens (including phenoxy) is 1. The van der Waals surface area contributed by atoms with Crippen LogP contribution >= 0.6 is 0 Å². The van der Waals surface area contributed by atoms with Crippen LogP contribution < -0.4 is 15.0 Å². The van der Waals surface area contributed by atoms with Gasteiger partial charge in [-0.25, -0.2) is 0 Å². The molecule has 0 fully saturated rings. The van der Waals surface area contributed by atoms with Crippen LogP contribution in [0.1, 0.15) is 31.9 Å². The molecule has 3 rings (SSSR count). The number of benzene rings is 2. The van der Waals surface area contributed by atoms with Gasteiger partial charge >= 0.3 is 0 Å². The zero-order valence-electron chi connectivity index (χ0n) is 17.6. The van der Waals surface area contributed by atoms with Gasteiger partial charge in [0.05, 0.1) is 10.6 Å². The van der Waals surface area contributed by atoms with Crippen molar-refractivity contribution in [3.8, 4) is 5.75 Å². The summed E-state index contributed by atoms with van der Waals surface area (Å²) in [5.74, 6) is -0.594. The van der Waals surface area contributed by atoms with Gasteiger partial charge in [0.25, 0.3) is 11.6 Å². The van der Waals surface area contributed by atoms with Gasteiger partial charge < -0.3 is 10.1 Å². The second kappa shape index (κ2) is 8.14. The van der Waals surface area contributed by atoms with Gasteiger partial charge in [-0.15, -0.1) is 0 Å². The molecule has 0 saturated heterocycles. The molecule has 1 aliphatic rings. The lowest BCUT2D eigenvalue weighted by atomic mass is 10.0. The Morgan fingerprint density at radius 2 is 1.90 bits per heavy atom. The Kier molecular flexibility index (Phi) is 5.78. The fraction of sp³-hybridized carbons (Fsp3) is 0.364. The molecule has 30 heavy (non-hydrogen) atoms. The number of rotatable bonds is 5. The molecule has 8 heteroatoms. The topological polar surface area (TPSA) is 102 Å². The third-order valence-corrected chi connectivity index (χ3v) is 5.38. The van der Waals surface area contributed by atoms with Crippen molar-refractivity contribution in [3.63, 3.8) is 0 Å². The number of nitrogens with one attached hydrogen (secondary N) is 1. The Hall–Kier alpha value is -3.42. The molecule has 2 aromatic rings. The lowest BCUT2D eigenvalue weighted by molar-refractivity contribution is -0.384. The Bertz CT molecular complexity index is 1020. The van der Waals surface area contributed by atoms with Gasteiger partial charge in [0.1, 0.15) is 11.8 Å². The molecule has 2 aromatic carbocycles. The van der Waals surface area contributed by atoms with Crippen LogP contribution in [0.5, 0.6) is 5.75 Å². The van der Waals surface area contributed by atoms with Crippen molar-refractivity contribution in [3.05, 3.63) is 57.6 Å². The SMILES string of the molecule is Cc1cccc(NC(=O)C(C)N2C(=O)C(C(C)C)Oc3ccc([N+](=O)[O-])cc32)c1C. The average Bonchev–Trinajstić information content (AvgIpc) is 2.69. The van der Waals surface area contributed by atoms with E-state index in [0.717, 1.165) is 11.1 Å². The van der Waals surface area contributed by atoms with Crippen molar-refractivity contribution < 1.29 is 19.2 Å². The van der Waals surface area contributed by atoms with Crippen molar-refractivity contribution >= 4 is 28.9 Å². The van der Waals surface area contributed by atoms with E-state index in [1.54, 1.807) is 13.0 Å². The van der Waals surface area contributed by atoms with Gasteiger partial charge in [-0.3, -0.25) is 24.6 Å². The predicted molar refractivity (Wildman–Crippen MR) is 114 cm³/mol. The van der Waals surface area contributed by atoms with Gasteiger partial charge in [0, 0.05) is 17.8 Å². The van der Waals surface area contributed by atoms with Crippen LogP contribution in [0.3, 0.4) is 0 Å². The van der Waals surface area contributed by atoms with E-state index in [-0.39, 0.29) is 23.2 Å². The molecule has 8 nitrogen and oxygen atoms in total. The number of nitro benzene ring substituents is 1. The number of nitro groups is 1. The van der Waals surface area contributed by atoms with Gasteiger partial charge in [-0.1, -0.05) is 26.0 Å². The monoisotopic (exact) mass is 411 g/mol. The molecule has 2 amide bonds. The summed E-state index contributed by atoms with van der Waals surface area (Å²) in [6.07, 6.45) is -0.782. The predicted octanol–water partition coefficient (Wildman–Crippen LogP) is 3.99. The first-order valence-corrected chi connectivity index (χ1v) is 9.77. The van der Waals surface area contributed by atoms with Crippen molar-refractivity contribution in [2.75, 3.05) is 10.2 Å². The van der Waals surface area contributed by atoms with Crippen LogP contribution in [0.2, 0.25) is 0 Å². The summed E-state index contributed by atoms with van der Waals surface area (Å²) >= 11 is 0. The van der Waals surface area contributed by atoms with Crippen molar-refractivity contribution in [2.45, 2.75) is 46.8 Å². The summed E-state index contributed by atoms with van der Waals surface area (Å²) in [6, 6.07) is 8.75. The van der Waals surface area contributed by atoms with E-state index in [1.165, 1.54) is 23.1 Å². The van der Waals surface area contributed by atoms with Gasteiger partial charge in [-0.05, 0) is 49.9 Å². The molecule has 0 radical (unpaired) electrons. The summed E-state index contributed by atoms with van der Waals surface area (Å²) in [7, 11) is 0. The van der Waals surface area contributed by atoms with E-state index in [4.69, 9.17) is 4.74 Å². The number of anilines is 2. The Labute approximate surface area is 175 Å². The smallest absolute Gasteiger partial charge is 0.271 e. The molecule has 0 aliphatic carbocycles. The van der Waals surface area contributed by atoms with E-state index in [9.17, 15) is 19.7 Å². The normalized spacial score (nSPS) is 16.7. The van der Waals surface area contributed by atoms with E-state index in [0.29, 0.717) is 11.4 Å². The van der Waals surface area contributed by atoms with E-state index in [2.05, 4.69) is 5.32 Å². The van der Waals surface area contributed by atoms with E-state index < -0.39 is 23.0 Å². The van der Waals surface area contributed by atoms with Gasteiger partial charge in [0.2, 0.25) is 5.91 Å². The summed E-state index contributed by atoms with van der Waals surface area (Å²) in [5, 5.41) is 14.1. The highest BCUT2D eigenvalue weighted by Crippen LogP contribution is 2.39. The van der Waals surface area contributed by atoms with Crippen LogP contribution in [-0.4, -0.2) is 28.9 Å². The molecule has 1 heterocycles. The number of fused-ring (bicyclic) bond motifs is 1. The summed E-state index contributed by atoms with van der Waals surface area (Å²) < 4.78 is 5.81. The Balaban J connectivity index is 2.00. The number of hydrogen-bond acceptors (Lipinski definition) is 5. The lowest BCUT2D eigenvalue weighted by Gasteiger charge is -2.38. The van der Waals surface area contributed by atoms with Crippen LogP contribution in [0.25, 0.3) is 0 Å². The number of nitrogens with zero attached hydrogens (tertiary/aromatic N) is 2. The molecule has 2 atom stereocenters. The number of carbonyl (C=O) groups excluding carboxylic acids is 2. The first kappa shape index (κ1) is 21.3. The molecular weight excluding hydrogens is 386 g/mol. The fourth-order valence-electron chi connectivity index (χ4n) is 3.41. The standard InChI is InChI=1S/C22H25N3O5/c1-12(2)20-22(27)24(18-11-16(25(28)29)9-10-19(18)30-20)15(5)21(26)23-17-8-6-7-13(3)14(17)4/h6-12,15,20H,1-5H3,(H,23,26). The molecule has 0 saturated carbocycles. The minimum atomic E-state index is -0.900. The molecule has 0 bridgehead atoms. The van der Waals surface area contributed by atoms with Crippen LogP contribution in [0, 0.1) is 29.9 Å². The number of hydrogen-bond donors (Lipinski definition) is 1. The maximum absolute atomic E-state index is 13.2. The maximum atomic E-state index is 13.2. The first-order chi connectivity index (χ1) is 14.1. The molecule has 0 aromatic heterocycles. The average molecular weight is 411 g/mol. The highest BCUT2D eigenvalue weighted by atomic mass is 16.6. The van der Waals surface area contributed by atoms with Crippen molar-refractivity contribution in [1.29, 1.82) is 0 Å². The first-order valence-electron chi connectivity index (χ1n) is 9.77. The second-order valence-electron chi connectivity index (χ2n) is 7.81. The third-order valence-electron chi connectivity index (χ3n) is 5.38. The highest BCUT2D eigenvalue weighted by Gasteiger charge is 2.41. The van der Waals surface area contributed by atoms with Crippen molar-refractivity contribution in [2.24, 2.45) is 5.92 Å². The van der Waals surface area contributed by atoms with E-state index in [1.807, 2.05) is 39.8 Å². The highest BCUT2D eigenvalue weighted by molar-refractivity contribution is 6.08. The molecule has 158 valence electrons. The fourth-order valence-corrected chi connectivity index (χ4v) is 3.41. The quantitative estimate of drug-likeness (QED) is 0.592. The largest absolute Gasteiger partial charge is 0.478 e. The van der Waals surface area contributed by atoms with Crippen LogP contribution in [0.15, 0.2) is 36.4 Å². The number of aryl methyl sites for hydroxylation is 1. The summed E-state index contributed by atoms with van der Waals surface area (Å²) in [4.78, 5) is 38.2. The van der Waals surface area contributed by atoms with Crippen LogP contribution in [-0.2, 0) is 9.59 Å². The van der Waals surface area contributed by atoms with Gasteiger partial charge in [0.15, 0.2) is 6.10 Å².